The van der Waals surface area contributed by atoms with E-state index in [-0.39, 0.29) is 5.78 Å². The molecule has 2 nitrogen and oxygen atoms in total. The number of hydrogen-bond acceptors (Lipinski definition) is 2. The summed E-state index contributed by atoms with van der Waals surface area (Å²) in [7, 11) is 0. The number of Topliss-reactive ketones (excluding diaryl/α,β-unsaturated/α-hetero) is 1. The molecule has 2 aromatic carbocycles. The number of benzene rings is 2. The second kappa shape index (κ2) is 6.67. The van der Waals surface area contributed by atoms with Gasteiger partial charge in [0, 0.05) is 16.2 Å². The van der Waals surface area contributed by atoms with E-state index in [4.69, 9.17) is 0 Å². The lowest BCUT2D eigenvalue weighted by Crippen LogP contribution is -2.16. The third kappa shape index (κ3) is 3.00. The highest BCUT2D eigenvalue weighted by atomic mass is 79.9. The maximum atomic E-state index is 13.1. The van der Waals surface area contributed by atoms with Crippen molar-refractivity contribution in [1.82, 2.24) is 4.98 Å². The minimum atomic E-state index is -0.402. The fourth-order valence-corrected chi connectivity index (χ4v) is 2.95. The van der Waals surface area contributed by atoms with Crippen molar-refractivity contribution in [3.05, 3.63) is 100 Å². The zero-order valence-electron chi connectivity index (χ0n) is 11.8. The number of pyridine rings is 1. The Labute approximate surface area is 138 Å². The van der Waals surface area contributed by atoms with Crippen LogP contribution >= 0.6 is 15.9 Å². The van der Waals surface area contributed by atoms with Crippen LogP contribution in [-0.4, -0.2) is 10.8 Å². The summed E-state index contributed by atoms with van der Waals surface area (Å²) < 4.78 is 0.803. The number of carbonyl (C=O) groups excluding carboxylic acids is 1. The Kier molecular flexibility index (Phi) is 4.45. The Hall–Kier alpha value is -2.26. The van der Waals surface area contributed by atoms with Crippen LogP contribution in [0.4, 0.5) is 0 Å². The zero-order valence-corrected chi connectivity index (χ0v) is 13.4. The first-order chi connectivity index (χ1) is 10.8. The summed E-state index contributed by atoms with van der Waals surface area (Å²) in [5.41, 5.74) is 2.37. The number of aromatic nitrogens is 1. The lowest BCUT2D eigenvalue weighted by Gasteiger charge is -2.16. The van der Waals surface area contributed by atoms with Gasteiger partial charge in [0.2, 0.25) is 0 Å². The first-order valence-corrected chi connectivity index (χ1v) is 7.81. The molecule has 0 spiro atoms. The van der Waals surface area contributed by atoms with Crippen LogP contribution in [0.5, 0.6) is 0 Å². The van der Waals surface area contributed by atoms with Gasteiger partial charge in [-0.2, -0.15) is 0 Å². The third-order valence-corrected chi connectivity index (χ3v) is 4.21. The number of nitrogens with zero attached hydrogens (tertiary/aromatic N) is 1. The number of ketones is 1. The van der Waals surface area contributed by atoms with Crippen molar-refractivity contribution >= 4 is 21.7 Å². The number of carbonyl (C=O) groups is 1. The molecule has 0 amide bonds. The molecule has 3 heteroatoms. The van der Waals surface area contributed by atoms with Gasteiger partial charge in [-0.15, -0.1) is 0 Å². The molecule has 1 atom stereocenters. The molecule has 0 aliphatic carbocycles. The van der Waals surface area contributed by atoms with E-state index in [2.05, 4.69) is 20.9 Å². The molecule has 1 aromatic heterocycles. The van der Waals surface area contributed by atoms with Gasteiger partial charge >= 0.3 is 0 Å². The van der Waals surface area contributed by atoms with E-state index >= 15 is 0 Å². The Morgan fingerprint density at radius 3 is 2.23 bits per heavy atom. The monoisotopic (exact) mass is 351 g/mol. The van der Waals surface area contributed by atoms with E-state index in [1.54, 1.807) is 6.20 Å². The summed E-state index contributed by atoms with van der Waals surface area (Å²) in [5, 5.41) is 0. The Bertz CT molecular complexity index is 732. The van der Waals surface area contributed by atoms with Crippen molar-refractivity contribution in [1.29, 1.82) is 0 Å². The highest BCUT2D eigenvalue weighted by Gasteiger charge is 2.26. The first kappa shape index (κ1) is 14.7. The molecular weight excluding hydrogens is 338 g/mol. The molecule has 0 aliphatic heterocycles. The lowest BCUT2D eigenvalue weighted by molar-refractivity contribution is 0.0972. The van der Waals surface area contributed by atoms with E-state index in [0.717, 1.165) is 15.7 Å². The first-order valence-electron chi connectivity index (χ1n) is 7.02. The predicted octanol–water partition coefficient (Wildman–Crippen LogP) is 4.86. The molecular formula is C19H14BrNO. The normalized spacial score (nSPS) is 11.9. The predicted molar refractivity (Wildman–Crippen MR) is 91.0 cm³/mol. The van der Waals surface area contributed by atoms with Gasteiger partial charge in [-0.05, 0) is 23.8 Å². The molecule has 0 saturated carbocycles. The molecule has 3 rings (SSSR count). The molecule has 0 fully saturated rings. The van der Waals surface area contributed by atoms with Crippen molar-refractivity contribution in [2.45, 2.75) is 5.92 Å². The maximum absolute atomic E-state index is 13.1. The summed E-state index contributed by atoms with van der Waals surface area (Å²) in [6, 6.07) is 22.9. The fourth-order valence-electron chi connectivity index (χ4n) is 2.47. The fraction of sp³-hybridized carbons (Fsp3) is 0.0526. The van der Waals surface area contributed by atoms with Crippen LogP contribution in [0.2, 0.25) is 0 Å². The smallest absolute Gasteiger partial charge is 0.177 e. The van der Waals surface area contributed by atoms with Crippen LogP contribution in [0, 0.1) is 0 Å². The van der Waals surface area contributed by atoms with Gasteiger partial charge in [-0.25, -0.2) is 0 Å². The Morgan fingerprint density at radius 1 is 0.864 bits per heavy atom. The SMILES string of the molecule is O=C(c1ccccc1Br)C(c1ccccc1)c1ccccn1. The van der Waals surface area contributed by atoms with Crippen molar-refractivity contribution in [3.8, 4) is 0 Å². The highest BCUT2D eigenvalue weighted by molar-refractivity contribution is 9.10. The standard InChI is InChI=1S/C19H14BrNO/c20-16-11-5-4-10-15(16)19(22)18(14-8-2-1-3-9-14)17-12-6-7-13-21-17/h1-13,18H. The second-order valence-corrected chi connectivity index (χ2v) is 5.80. The minimum absolute atomic E-state index is 0.0392. The van der Waals surface area contributed by atoms with Gasteiger partial charge in [0.15, 0.2) is 5.78 Å². The van der Waals surface area contributed by atoms with Gasteiger partial charge in [-0.3, -0.25) is 9.78 Å². The molecule has 0 radical (unpaired) electrons. The van der Waals surface area contributed by atoms with Crippen LogP contribution in [0.15, 0.2) is 83.5 Å². The summed E-state index contributed by atoms with van der Waals surface area (Å²) >= 11 is 3.47. The van der Waals surface area contributed by atoms with Crippen LogP contribution in [-0.2, 0) is 0 Å². The molecule has 108 valence electrons. The van der Waals surface area contributed by atoms with Crippen molar-refractivity contribution in [2.75, 3.05) is 0 Å². The maximum Gasteiger partial charge on any atom is 0.177 e. The molecule has 0 aliphatic rings. The van der Waals surface area contributed by atoms with Crippen molar-refractivity contribution in [2.24, 2.45) is 0 Å². The van der Waals surface area contributed by atoms with Gasteiger partial charge in [0.1, 0.15) is 0 Å². The van der Waals surface area contributed by atoms with Crippen molar-refractivity contribution in [3.63, 3.8) is 0 Å². The lowest BCUT2D eigenvalue weighted by atomic mass is 9.87. The van der Waals surface area contributed by atoms with E-state index < -0.39 is 5.92 Å². The molecule has 3 aromatic rings. The molecule has 1 heterocycles. The molecule has 0 saturated heterocycles. The minimum Gasteiger partial charge on any atom is -0.293 e. The van der Waals surface area contributed by atoms with E-state index in [1.165, 1.54) is 0 Å². The quantitative estimate of drug-likeness (QED) is 0.628. The van der Waals surface area contributed by atoms with Crippen LogP contribution in [0.25, 0.3) is 0 Å². The average Bonchev–Trinajstić information content (AvgIpc) is 2.57. The average molecular weight is 352 g/mol. The summed E-state index contributed by atoms with van der Waals surface area (Å²) in [6.07, 6.45) is 1.72. The molecule has 0 bridgehead atoms. The van der Waals surface area contributed by atoms with E-state index in [9.17, 15) is 4.79 Å². The summed E-state index contributed by atoms with van der Waals surface area (Å²) in [5.74, 6) is -0.363. The number of halogens is 1. The third-order valence-electron chi connectivity index (χ3n) is 3.52. The second-order valence-electron chi connectivity index (χ2n) is 4.94. The molecule has 1 unspecified atom stereocenters. The van der Waals surface area contributed by atoms with Crippen LogP contribution in [0.3, 0.4) is 0 Å². The van der Waals surface area contributed by atoms with Crippen LogP contribution in [0.1, 0.15) is 27.5 Å². The van der Waals surface area contributed by atoms with Gasteiger partial charge < -0.3 is 0 Å². The highest BCUT2D eigenvalue weighted by Crippen LogP contribution is 2.29. The molecule has 22 heavy (non-hydrogen) atoms. The number of hydrogen-bond donors (Lipinski definition) is 0. The summed E-state index contributed by atoms with van der Waals surface area (Å²) in [6.45, 7) is 0. The molecule has 0 N–H and O–H groups in total. The van der Waals surface area contributed by atoms with Gasteiger partial charge in [-0.1, -0.05) is 70.5 Å². The Morgan fingerprint density at radius 2 is 1.55 bits per heavy atom. The largest absolute Gasteiger partial charge is 0.293 e. The van der Waals surface area contributed by atoms with Crippen LogP contribution < -0.4 is 0 Å². The van der Waals surface area contributed by atoms with Gasteiger partial charge in [0.05, 0.1) is 11.6 Å². The van der Waals surface area contributed by atoms with Gasteiger partial charge in [0.25, 0.3) is 0 Å². The number of rotatable bonds is 4. The Balaban J connectivity index is 2.11. The zero-order chi connectivity index (χ0) is 15.4. The summed E-state index contributed by atoms with van der Waals surface area (Å²) in [4.78, 5) is 17.5. The van der Waals surface area contributed by atoms with E-state index in [0.29, 0.717) is 5.56 Å². The van der Waals surface area contributed by atoms with Crippen molar-refractivity contribution < 1.29 is 4.79 Å². The topological polar surface area (TPSA) is 30.0 Å². The van der Waals surface area contributed by atoms with E-state index in [1.807, 2.05) is 72.8 Å².